The lowest BCUT2D eigenvalue weighted by Gasteiger charge is -2.10. The number of carbonyl (C=O) groups excluding carboxylic acids is 3. The highest BCUT2D eigenvalue weighted by atomic mass is 16.2. The zero-order chi connectivity index (χ0) is 9.68. The summed E-state index contributed by atoms with van der Waals surface area (Å²) in [5.74, 6) is 0. The van der Waals surface area contributed by atoms with E-state index in [1.807, 2.05) is 0 Å². The van der Waals surface area contributed by atoms with E-state index in [0.717, 1.165) is 4.90 Å². The van der Waals surface area contributed by atoms with Gasteiger partial charge in [0.25, 0.3) is 0 Å². The van der Waals surface area contributed by atoms with Gasteiger partial charge in [-0.2, -0.15) is 0 Å². The van der Waals surface area contributed by atoms with Crippen LogP contribution in [0.5, 0.6) is 0 Å². The largest absolute Gasteiger partial charge is 0.298 e. The number of benzene rings is 1. The average molecular weight is 177 g/mol. The third kappa shape index (κ3) is 1.79. The number of amides is 2. The van der Waals surface area contributed by atoms with Crippen LogP contribution in [-0.2, 0) is 9.59 Å². The molecule has 0 aliphatic carbocycles. The zero-order valence-corrected chi connectivity index (χ0v) is 6.71. The number of aldehydes is 1. The number of imide groups is 1. The van der Waals surface area contributed by atoms with E-state index in [1.165, 1.54) is 12.1 Å². The molecule has 66 valence electrons. The van der Waals surface area contributed by atoms with Gasteiger partial charge in [0.15, 0.2) is 6.29 Å². The lowest BCUT2D eigenvalue weighted by molar-refractivity contribution is -0.113. The van der Waals surface area contributed by atoms with Gasteiger partial charge in [0.2, 0.25) is 12.8 Å². The standard InChI is InChI=1S/C9H7NO3/c11-5-8-3-1-2-4-9(8)10(6-12)7-13/h1-7H. The summed E-state index contributed by atoms with van der Waals surface area (Å²) in [5.41, 5.74) is 0.601. The predicted molar refractivity (Wildman–Crippen MR) is 46.4 cm³/mol. The van der Waals surface area contributed by atoms with Crippen LogP contribution < -0.4 is 4.90 Å². The van der Waals surface area contributed by atoms with Crippen LogP contribution in [0.4, 0.5) is 5.69 Å². The quantitative estimate of drug-likeness (QED) is 0.633. The molecule has 0 aliphatic heterocycles. The van der Waals surface area contributed by atoms with E-state index in [1.54, 1.807) is 12.1 Å². The second-order valence-corrected chi connectivity index (χ2v) is 2.29. The minimum atomic E-state index is 0.294. The normalized spacial score (nSPS) is 8.92. The van der Waals surface area contributed by atoms with E-state index in [-0.39, 0.29) is 0 Å². The van der Waals surface area contributed by atoms with Crippen LogP contribution in [-0.4, -0.2) is 19.1 Å². The number of rotatable bonds is 4. The van der Waals surface area contributed by atoms with Crippen LogP contribution in [0.15, 0.2) is 24.3 Å². The summed E-state index contributed by atoms with van der Waals surface area (Å²) in [6, 6.07) is 6.35. The Hall–Kier alpha value is -1.97. The van der Waals surface area contributed by atoms with Gasteiger partial charge in [-0.05, 0) is 12.1 Å². The summed E-state index contributed by atoms with van der Waals surface area (Å²) in [7, 11) is 0. The number of hydrogen-bond donors (Lipinski definition) is 0. The maximum Gasteiger partial charge on any atom is 0.220 e. The highest BCUT2D eigenvalue weighted by Gasteiger charge is 2.07. The predicted octanol–water partition coefficient (Wildman–Crippen LogP) is 0.618. The maximum atomic E-state index is 10.5. The smallest absolute Gasteiger partial charge is 0.220 e. The van der Waals surface area contributed by atoms with Gasteiger partial charge in [0.1, 0.15) is 0 Å². The first-order chi connectivity index (χ1) is 6.33. The van der Waals surface area contributed by atoms with E-state index in [4.69, 9.17) is 0 Å². The van der Waals surface area contributed by atoms with E-state index >= 15 is 0 Å². The molecule has 0 radical (unpaired) electrons. The van der Waals surface area contributed by atoms with Crippen molar-refractivity contribution in [1.82, 2.24) is 0 Å². The van der Waals surface area contributed by atoms with Gasteiger partial charge < -0.3 is 0 Å². The number of para-hydroxylation sites is 1. The van der Waals surface area contributed by atoms with E-state index in [0.29, 0.717) is 30.4 Å². The maximum absolute atomic E-state index is 10.5. The van der Waals surface area contributed by atoms with Gasteiger partial charge in [-0.1, -0.05) is 12.1 Å². The summed E-state index contributed by atoms with van der Waals surface area (Å²) < 4.78 is 0. The summed E-state index contributed by atoms with van der Waals surface area (Å²) >= 11 is 0. The molecular formula is C9H7NO3. The molecule has 0 N–H and O–H groups in total. The monoisotopic (exact) mass is 177 g/mol. The summed E-state index contributed by atoms with van der Waals surface area (Å²) in [6.45, 7) is 0. The first kappa shape index (κ1) is 9.12. The highest BCUT2D eigenvalue weighted by Crippen LogP contribution is 2.15. The molecule has 0 atom stereocenters. The molecule has 0 saturated heterocycles. The molecule has 1 aromatic rings. The van der Waals surface area contributed by atoms with Crippen molar-refractivity contribution in [2.75, 3.05) is 4.90 Å². The Bertz CT molecular complexity index is 327. The Morgan fingerprint density at radius 1 is 1.00 bits per heavy atom. The Kier molecular flexibility index (Phi) is 2.92. The molecule has 1 rings (SSSR count). The van der Waals surface area contributed by atoms with Crippen LogP contribution in [0.3, 0.4) is 0 Å². The molecule has 0 fully saturated rings. The van der Waals surface area contributed by atoms with Crippen LogP contribution in [0.25, 0.3) is 0 Å². The Morgan fingerprint density at radius 3 is 2.15 bits per heavy atom. The number of anilines is 1. The van der Waals surface area contributed by atoms with Gasteiger partial charge in [-0.25, -0.2) is 0 Å². The number of hydrogen-bond acceptors (Lipinski definition) is 3. The van der Waals surface area contributed by atoms with Crippen molar-refractivity contribution in [2.45, 2.75) is 0 Å². The molecule has 0 aromatic heterocycles. The van der Waals surface area contributed by atoms with Crippen molar-refractivity contribution in [3.8, 4) is 0 Å². The average Bonchev–Trinajstić information content (AvgIpc) is 2.20. The summed E-state index contributed by atoms with van der Waals surface area (Å²) in [5, 5.41) is 0. The Balaban J connectivity index is 3.17. The third-order valence-corrected chi connectivity index (χ3v) is 1.57. The fraction of sp³-hybridized carbons (Fsp3) is 0. The topological polar surface area (TPSA) is 54.5 Å². The van der Waals surface area contributed by atoms with Crippen LogP contribution in [0.2, 0.25) is 0 Å². The Morgan fingerprint density at radius 2 is 1.62 bits per heavy atom. The van der Waals surface area contributed by atoms with Crippen molar-refractivity contribution in [1.29, 1.82) is 0 Å². The van der Waals surface area contributed by atoms with Gasteiger partial charge >= 0.3 is 0 Å². The van der Waals surface area contributed by atoms with E-state index < -0.39 is 0 Å². The number of nitrogens with zero attached hydrogens (tertiary/aromatic N) is 1. The van der Waals surface area contributed by atoms with Crippen molar-refractivity contribution < 1.29 is 14.4 Å². The molecule has 0 heterocycles. The summed E-state index contributed by atoms with van der Waals surface area (Å²) in [4.78, 5) is 32.1. The highest BCUT2D eigenvalue weighted by molar-refractivity contribution is 6.00. The molecule has 0 aliphatic rings. The van der Waals surface area contributed by atoms with Crippen molar-refractivity contribution in [3.63, 3.8) is 0 Å². The summed E-state index contributed by atoms with van der Waals surface area (Å²) in [6.07, 6.45) is 1.31. The third-order valence-electron chi connectivity index (χ3n) is 1.57. The minimum absolute atomic E-state index is 0.294. The fourth-order valence-electron chi connectivity index (χ4n) is 0.961. The molecule has 2 amide bonds. The molecule has 1 aromatic carbocycles. The fourth-order valence-corrected chi connectivity index (χ4v) is 0.961. The first-order valence-electron chi connectivity index (χ1n) is 3.56. The van der Waals surface area contributed by atoms with Crippen molar-refractivity contribution >= 4 is 24.8 Å². The molecule has 13 heavy (non-hydrogen) atoms. The zero-order valence-electron chi connectivity index (χ0n) is 6.71. The minimum Gasteiger partial charge on any atom is -0.298 e. The molecule has 4 heteroatoms. The first-order valence-corrected chi connectivity index (χ1v) is 3.56. The lowest BCUT2D eigenvalue weighted by Crippen LogP contribution is -2.19. The van der Waals surface area contributed by atoms with Crippen LogP contribution in [0.1, 0.15) is 10.4 Å². The lowest BCUT2D eigenvalue weighted by atomic mass is 10.2. The van der Waals surface area contributed by atoms with Crippen LogP contribution in [0, 0.1) is 0 Å². The molecule has 0 unspecified atom stereocenters. The SMILES string of the molecule is O=Cc1ccccc1N(C=O)C=O. The second kappa shape index (κ2) is 4.15. The van der Waals surface area contributed by atoms with E-state index in [2.05, 4.69) is 0 Å². The number of carbonyl (C=O) groups is 3. The Labute approximate surface area is 74.8 Å². The van der Waals surface area contributed by atoms with Crippen molar-refractivity contribution in [2.24, 2.45) is 0 Å². The van der Waals surface area contributed by atoms with Gasteiger partial charge in [-0.3, -0.25) is 19.3 Å². The van der Waals surface area contributed by atoms with E-state index in [9.17, 15) is 14.4 Å². The molecule has 4 nitrogen and oxygen atoms in total. The molecule has 0 spiro atoms. The molecular weight excluding hydrogens is 170 g/mol. The van der Waals surface area contributed by atoms with Gasteiger partial charge in [-0.15, -0.1) is 0 Å². The molecule has 0 saturated carbocycles. The van der Waals surface area contributed by atoms with Crippen molar-refractivity contribution in [3.05, 3.63) is 29.8 Å². The van der Waals surface area contributed by atoms with Gasteiger partial charge in [0, 0.05) is 5.56 Å². The van der Waals surface area contributed by atoms with Crippen LogP contribution >= 0.6 is 0 Å². The van der Waals surface area contributed by atoms with Gasteiger partial charge in [0.05, 0.1) is 5.69 Å². The molecule has 0 bridgehead atoms. The second-order valence-electron chi connectivity index (χ2n) is 2.29.